The fraction of sp³-hybridized carbons (Fsp3) is 0.333. The van der Waals surface area contributed by atoms with Gasteiger partial charge in [0.15, 0.2) is 5.17 Å². The van der Waals surface area contributed by atoms with Gasteiger partial charge in [-0.2, -0.15) is 0 Å². The van der Waals surface area contributed by atoms with E-state index in [1.54, 1.807) is 0 Å². The molecule has 0 aliphatic carbocycles. The highest BCUT2D eigenvalue weighted by Crippen LogP contribution is 2.46. The lowest BCUT2D eigenvalue weighted by Gasteiger charge is -2.26. The van der Waals surface area contributed by atoms with E-state index >= 15 is 0 Å². The van der Waals surface area contributed by atoms with Crippen LogP contribution in [0, 0.1) is 0 Å². The number of fused-ring (bicyclic) bond motifs is 1. The summed E-state index contributed by atoms with van der Waals surface area (Å²) in [6.07, 6.45) is 3.83. The molecule has 0 spiro atoms. The molecular formula is C15H16N4S. The van der Waals surface area contributed by atoms with E-state index in [4.69, 9.17) is 4.99 Å². The van der Waals surface area contributed by atoms with Gasteiger partial charge in [-0.25, -0.2) is 0 Å². The Morgan fingerprint density at radius 1 is 1.30 bits per heavy atom. The van der Waals surface area contributed by atoms with Gasteiger partial charge in [0.05, 0.1) is 11.7 Å². The monoisotopic (exact) mass is 284 g/mol. The average molecular weight is 284 g/mol. The Morgan fingerprint density at radius 3 is 3.00 bits per heavy atom. The number of rotatable bonds is 2. The van der Waals surface area contributed by atoms with Crippen LogP contribution in [0.3, 0.4) is 0 Å². The van der Waals surface area contributed by atoms with E-state index in [9.17, 15) is 0 Å². The summed E-state index contributed by atoms with van der Waals surface area (Å²) in [6.45, 7) is 3.31. The summed E-state index contributed by atoms with van der Waals surface area (Å²) in [6, 6.07) is 10.6. The van der Waals surface area contributed by atoms with Crippen LogP contribution in [0.4, 0.5) is 0 Å². The van der Waals surface area contributed by atoms with Crippen molar-refractivity contribution in [3.63, 3.8) is 0 Å². The minimum atomic E-state index is 0.0878. The number of hydrogen-bond donors (Lipinski definition) is 1. The van der Waals surface area contributed by atoms with E-state index in [1.165, 1.54) is 5.69 Å². The Labute approximate surface area is 122 Å². The van der Waals surface area contributed by atoms with Gasteiger partial charge in [-0.05, 0) is 24.3 Å². The summed E-state index contributed by atoms with van der Waals surface area (Å²) in [5.41, 5.74) is 2.26. The zero-order valence-electron chi connectivity index (χ0n) is 11.2. The summed E-state index contributed by atoms with van der Waals surface area (Å²) in [4.78, 5) is 15.2. The third kappa shape index (κ3) is 1.85. The fourth-order valence-electron chi connectivity index (χ4n) is 2.98. The predicted octanol–water partition coefficient (Wildman–Crippen LogP) is 3.00. The van der Waals surface area contributed by atoms with Crippen LogP contribution in [0.15, 0.2) is 47.7 Å². The van der Waals surface area contributed by atoms with Crippen molar-refractivity contribution >= 4 is 16.9 Å². The first kappa shape index (κ1) is 12.0. The molecule has 102 valence electrons. The SMILES string of the molecule is C[C@@H]1CN2C(=N[C@H](c3ccccn3)[C@@H]2c2ccc[nH]2)S1. The molecular weight excluding hydrogens is 268 g/mol. The fourth-order valence-corrected chi connectivity index (χ4v) is 4.08. The lowest BCUT2D eigenvalue weighted by Crippen LogP contribution is -2.28. The molecule has 1 saturated heterocycles. The smallest absolute Gasteiger partial charge is 0.160 e. The molecule has 4 nitrogen and oxygen atoms in total. The second-order valence-electron chi connectivity index (χ2n) is 5.26. The summed E-state index contributed by atoms with van der Waals surface area (Å²) < 4.78 is 0. The minimum absolute atomic E-state index is 0.0878. The maximum atomic E-state index is 4.93. The van der Waals surface area contributed by atoms with Crippen LogP contribution in [0.25, 0.3) is 0 Å². The van der Waals surface area contributed by atoms with Crippen LogP contribution in [0.2, 0.25) is 0 Å². The number of pyridine rings is 1. The zero-order valence-corrected chi connectivity index (χ0v) is 12.0. The highest BCUT2D eigenvalue weighted by Gasteiger charge is 2.43. The second-order valence-corrected chi connectivity index (χ2v) is 6.67. The number of aliphatic imine (C=N–C) groups is 1. The highest BCUT2D eigenvalue weighted by molar-refractivity contribution is 8.14. The third-order valence-electron chi connectivity index (χ3n) is 3.82. The quantitative estimate of drug-likeness (QED) is 0.922. The van der Waals surface area contributed by atoms with Crippen molar-refractivity contribution in [1.29, 1.82) is 0 Å². The van der Waals surface area contributed by atoms with E-state index in [1.807, 2.05) is 36.3 Å². The Morgan fingerprint density at radius 2 is 2.25 bits per heavy atom. The summed E-state index contributed by atoms with van der Waals surface area (Å²) in [7, 11) is 0. The maximum Gasteiger partial charge on any atom is 0.160 e. The van der Waals surface area contributed by atoms with Crippen molar-refractivity contribution in [3.8, 4) is 0 Å². The normalized spacial score (nSPS) is 28.6. The second kappa shape index (κ2) is 4.66. The molecule has 0 aromatic carbocycles. The lowest BCUT2D eigenvalue weighted by atomic mass is 10.0. The molecule has 2 aliphatic rings. The van der Waals surface area contributed by atoms with Gasteiger partial charge in [0, 0.05) is 29.9 Å². The first-order chi connectivity index (χ1) is 9.83. The van der Waals surface area contributed by atoms with E-state index in [0.717, 1.165) is 17.4 Å². The summed E-state index contributed by atoms with van der Waals surface area (Å²) in [5.74, 6) is 0. The van der Waals surface area contributed by atoms with Crippen LogP contribution < -0.4 is 0 Å². The van der Waals surface area contributed by atoms with Gasteiger partial charge >= 0.3 is 0 Å². The molecule has 5 heteroatoms. The van der Waals surface area contributed by atoms with E-state index < -0.39 is 0 Å². The van der Waals surface area contributed by atoms with Gasteiger partial charge in [-0.15, -0.1) is 0 Å². The molecule has 1 fully saturated rings. The lowest BCUT2D eigenvalue weighted by molar-refractivity contribution is 0.316. The number of aromatic nitrogens is 2. The molecule has 0 saturated carbocycles. The molecule has 4 heterocycles. The largest absolute Gasteiger partial charge is 0.363 e. The molecule has 4 rings (SSSR count). The van der Waals surface area contributed by atoms with Crippen LogP contribution >= 0.6 is 11.8 Å². The molecule has 0 radical (unpaired) electrons. The standard InChI is InChI=1S/C15H16N4S/c1-10-9-19-14(12-6-4-8-17-12)13(18-15(19)20-10)11-5-2-3-7-16-11/h2-8,10,13-14,17H,9H2,1H3/t10-,13-,14+/m1/s1. The first-order valence-corrected chi connectivity index (χ1v) is 7.76. The molecule has 0 unspecified atom stereocenters. The summed E-state index contributed by atoms with van der Waals surface area (Å²) >= 11 is 1.87. The highest BCUT2D eigenvalue weighted by atomic mass is 32.2. The Bertz CT molecular complexity index is 623. The van der Waals surface area contributed by atoms with E-state index in [-0.39, 0.29) is 12.1 Å². The van der Waals surface area contributed by atoms with Gasteiger partial charge in [0.2, 0.25) is 0 Å². The number of hydrogen-bond acceptors (Lipinski definition) is 4. The van der Waals surface area contributed by atoms with Crippen LogP contribution in [-0.4, -0.2) is 31.8 Å². The number of amidine groups is 1. The predicted molar refractivity (Wildman–Crippen MR) is 81.7 cm³/mol. The van der Waals surface area contributed by atoms with Crippen molar-refractivity contribution in [2.24, 2.45) is 4.99 Å². The Kier molecular flexibility index (Phi) is 2.80. The minimum Gasteiger partial charge on any atom is -0.363 e. The van der Waals surface area contributed by atoms with Gasteiger partial charge in [0.1, 0.15) is 6.04 Å². The van der Waals surface area contributed by atoms with Crippen LogP contribution in [0.1, 0.15) is 30.4 Å². The number of H-pyrrole nitrogens is 1. The molecule has 2 aromatic heterocycles. The summed E-state index contributed by atoms with van der Waals surface area (Å²) in [5, 5.41) is 1.77. The van der Waals surface area contributed by atoms with Crippen molar-refractivity contribution in [2.45, 2.75) is 24.3 Å². The molecule has 1 N–H and O–H groups in total. The number of nitrogens with zero attached hydrogens (tertiary/aromatic N) is 3. The Hall–Kier alpha value is -1.75. The van der Waals surface area contributed by atoms with Crippen molar-refractivity contribution in [2.75, 3.05) is 6.54 Å². The van der Waals surface area contributed by atoms with Gasteiger partial charge in [-0.1, -0.05) is 24.8 Å². The molecule has 2 aromatic rings. The molecule has 20 heavy (non-hydrogen) atoms. The molecule has 3 atom stereocenters. The maximum absolute atomic E-state index is 4.93. The molecule has 0 bridgehead atoms. The van der Waals surface area contributed by atoms with E-state index in [2.05, 4.69) is 40.0 Å². The number of thioether (sulfide) groups is 1. The van der Waals surface area contributed by atoms with Gasteiger partial charge < -0.3 is 9.88 Å². The molecule has 0 amide bonds. The van der Waals surface area contributed by atoms with Gasteiger partial charge in [0.25, 0.3) is 0 Å². The number of nitrogens with one attached hydrogen (secondary N) is 1. The zero-order chi connectivity index (χ0) is 13.5. The van der Waals surface area contributed by atoms with Crippen LogP contribution in [-0.2, 0) is 0 Å². The Balaban J connectivity index is 1.77. The number of aromatic amines is 1. The first-order valence-electron chi connectivity index (χ1n) is 6.88. The topological polar surface area (TPSA) is 44.3 Å². The van der Waals surface area contributed by atoms with Crippen LogP contribution in [0.5, 0.6) is 0 Å². The average Bonchev–Trinajstić information content (AvgIpc) is 3.14. The van der Waals surface area contributed by atoms with Crippen molar-refractivity contribution in [3.05, 3.63) is 54.1 Å². The van der Waals surface area contributed by atoms with E-state index in [0.29, 0.717) is 5.25 Å². The van der Waals surface area contributed by atoms with Gasteiger partial charge in [-0.3, -0.25) is 9.98 Å². The third-order valence-corrected chi connectivity index (χ3v) is 4.92. The molecule has 2 aliphatic heterocycles. The van der Waals surface area contributed by atoms with Crippen molar-refractivity contribution in [1.82, 2.24) is 14.9 Å². The van der Waals surface area contributed by atoms with Crippen molar-refractivity contribution < 1.29 is 0 Å².